The number of amides is 1. The molecule has 4 heteroatoms. The molecule has 0 saturated carbocycles. The molecule has 92 valence electrons. The Morgan fingerprint density at radius 2 is 2.12 bits per heavy atom. The Bertz CT molecular complexity index is 415. The van der Waals surface area contributed by atoms with Crippen LogP contribution in [-0.2, 0) is 16.0 Å². The van der Waals surface area contributed by atoms with Crippen LogP contribution >= 0.6 is 0 Å². The van der Waals surface area contributed by atoms with Crippen molar-refractivity contribution < 1.29 is 14.7 Å². The zero-order chi connectivity index (χ0) is 12.8. The van der Waals surface area contributed by atoms with E-state index in [0.29, 0.717) is 13.0 Å². The molecule has 4 nitrogen and oxygen atoms in total. The Balaban J connectivity index is 2.38. The number of rotatable bonds is 5. The quantitative estimate of drug-likeness (QED) is 0.757. The molecule has 1 amide bonds. The summed E-state index contributed by atoms with van der Waals surface area (Å²) in [7, 11) is 0. The highest BCUT2D eigenvalue weighted by Crippen LogP contribution is 2.04. The van der Waals surface area contributed by atoms with Gasteiger partial charge in [0.2, 0.25) is 5.91 Å². The summed E-state index contributed by atoms with van der Waals surface area (Å²) in [6.45, 7) is 3.85. The summed E-state index contributed by atoms with van der Waals surface area (Å²) in [5.41, 5.74) is 2.31. The maximum absolute atomic E-state index is 11.3. The van der Waals surface area contributed by atoms with Gasteiger partial charge in [-0.2, -0.15) is 0 Å². The summed E-state index contributed by atoms with van der Waals surface area (Å²) < 4.78 is 0. The summed E-state index contributed by atoms with van der Waals surface area (Å²) in [4.78, 5) is 21.9. The Kier molecular flexibility index (Phi) is 4.69. The number of carbonyl (C=O) groups is 2. The smallest absolute Gasteiger partial charge is 0.315 e. The van der Waals surface area contributed by atoms with Gasteiger partial charge in [-0.1, -0.05) is 29.8 Å². The third-order valence-electron chi connectivity index (χ3n) is 2.56. The molecule has 0 heterocycles. The number of carboxylic acids is 1. The zero-order valence-corrected chi connectivity index (χ0v) is 10.1. The van der Waals surface area contributed by atoms with Gasteiger partial charge in [0.1, 0.15) is 5.92 Å². The molecule has 1 atom stereocenters. The van der Waals surface area contributed by atoms with Crippen LogP contribution in [0, 0.1) is 12.8 Å². The molecule has 0 aromatic heterocycles. The first-order valence-corrected chi connectivity index (χ1v) is 5.57. The summed E-state index contributed by atoms with van der Waals surface area (Å²) in [5, 5.41) is 11.3. The molecule has 0 fully saturated rings. The topological polar surface area (TPSA) is 66.4 Å². The van der Waals surface area contributed by atoms with Crippen molar-refractivity contribution in [1.82, 2.24) is 5.32 Å². The van der Waals surface area contributed by atoms with Crippen molar-refractivity contribution >= 4 is 11.9 Å². The minimum absolute atomic E-state index is 0.440. The molecule has 0 aliphatic carbocycles. The van der Waals surface area contributed by atoms with Gasteiger partial charge in [0.15, 0.2) is 0 Å². The van der Waals surface area contributed by atoms with Crippen LogP contribution in [0.5, 0.6) is 0 Å². The van der Waals surface area contributed by atoms with E-state index in [4.69, 9.17) is 5.11 Å². The Hall–Kier alpha value is -1.84. The molecule has 0 radical (unpaired) electrons. The van der Waals surface area contributed by atoms with Crippen molar-refractivity contribution in [2.75, 3.05) is 6.54 Å². The molecule has 0 bridgehead atoms. The van der Waals surface area contributed by atoms with Crippen LogP contribution in [0.25, 0.3) is 0 Å². The summed E-state index contributed by atoms with van der Waals surface area (Å²) >= 11 is 0. The molecule has 0 aliphatic rings. The van der Waals surface area contributed by atoms with E-state index in [-0.39, 0.29) is 0 Å². The highest BCUT2D eigenvalue weighted by molar-refractivity contribution is 5.96. The third-order valence-corrected chi connectivity index (χ3v) is 2.56. The molecular weight excluding hydrogens is 218 g/mol. The van der Waals surface area contributed by atoms with Gasteiger partial charge >= 0.3 is 5.97 Å². The van der Waals surface area contributed by atoms with Crippen LogP contribution in [0.3, 0.4) is 0 Å². The molecular formula is C13H17NO3. The van der Waals surface area contributed by atoms with E-state index < -0.39 is 17.8 Å². The molecule has 0 saturated heterocycles. The Labute approximate surface area is 101 Å². The number of carboxylic acid groups (broad SMARTS) is 1. The van der Waals surface area contributed by atoms with Gasteiger partial charge in [0.25, 0.3) is 0 Å². The van der Waals surface area contributed by atoms with Crippen LogP contribution < -0.4 is 5.32 Å². The van der Waals surface area contributed by atoms with Crippen molar-refractivity contribution in [3.8, 4) is 0 Å². The minimum Gasteiger partial charge on any atom is -0.481 e. The molecule has 2 N–H and O–H groups in total. The van der Waals surface area contributed by atoms with Crippen molar-refractivity contribution in [2.24, 2.45) is 5.92 Å². The minimum atomic E-state index is -1.10. The molecule has 0 spiro atoms. The first-order valence-electron chi connectivity index (χ1n) is 5.57. The zero-order valence-electron chi connectivity index (χ0n) is 10.1. The number of aliphatic carboxylic acids is 1. The first kappa shape index (κ1) is 13.2. The fraction of sp³-hybridized carbons (Fsp3) is 0.385. The molecule has 1 aromatic carbocycles. The highest BCUT2D eigenvalue weighted by atomic mass is 16.4. The number of hydrogen-bond donors (Lipinski definition) is 2. The van der Waals surface area contributed by atoms with Crippen LogP contribution in [0.4, 0.5) is 0 Å². The number of aryl methyl sites for hydroxylation is 1. The van der Waals surface area contributed by atoms with Gasteiger partial charge in [0.05, 0.1) is 0 Å². The molecule has 0 aliphatic heterocycles. The average Bonchev–Trinajstić information content (AvgIpc) is 2.27. The number of nitrogens with one attached hydrogen (secondary N) is 1. The lowest BCUT2D eigenvalue weighted by Crippen LogP contribution is -2.34. The second-order valence-electron chi connectivity index (χ2n) is 4.09. The SMILES string of the molecule is Cc1cccc(CCNC(=O)C(C)C(=O)O)c1. The van der Waals surface area contributed by atoms with E-state index in [2.05, 4.69) is 5.32 Å². The van der Waals surface area contributed by atoms with E-state index >= 15 is 0 Å². The van der Waals surface area contributed by atoms with Crippen molar-refractivity contribution in [1.29, 1.82) is 0 Å². The molecule has 1 unspecified atom stereocenters. The van der Waals surface area contributed by atoms with Gasteiger partial charge in [-0.25, -0.2) is 0 Å². The van der Waals surface area contributed by atoms with E-state index in [0.717, 1.165) is 5.56 Å². The number of carbonyl (C=O) groups excluding carboxylic acids is 1. The van der Waals surface area contributed by atoms with E-state index in [1.807, 2.05) is 31.2 Å². The predicted octanol–water partition coefficient (Wildman–Crippen LogP) is 1.37. The molecule has 1 aromatic rings. The maximum atomic E-state index is 11.3. The van der Waals surface area contributed by atoms with Crippen molar-refractivity contribution in [3.63, 3.8) is 0 Å². The highest BCUT2D eigenvalue weighted by Gasteiger charge is 2.19. The van der Waals surface area contributed by atoms with Crippen LogP contribution in [0.2, 0.25) is 0 Å². The van der Waals surface area contributed by atoms with Crippen molar-refractivity contribution in [3.05, 3.63) is 35.4 Å². The fourth-order valence-electron chi connectivity index (χ4n) is 1.46. The monoisotopic (exact) mass is 235 g/mol. The standard InChI is InChI=1S/C13H17NO3/c1-9-4-3-5-11(8-9)6-7-14-12(15)10(2)13(16)17/h3-5,8,10H,6-7H2,1-2H3,(H,14,15)(H,16,17). The molecule has 1 rings (SSSR count). The lowest BCUT2D eigenvalue weighted by atomic mass is 10.1. The summed E-state index contributed by atoms with van der Waals surface area (Å²) in [6.07, 6.45) is 0.708. The van der Waals surface area contributed by atoms with Crippen molar-refractivity contribution in [2.45, 2.75) is 20.3 Å². The average molecular weight is 235 g/mol. The van der Waals surface area contributed by atoms with Gasteiger partial charge in [-0.05, 0) is 25.8 Å². The van der Waals surface area contributed by atoms with E-state index in [1.54, 1.807) is 0 Å². The van der Waals surface area contributed by atoms with Crippen LogP contribution in [-0.4, -0.2) is 23.5 Å². The number of benzene rings is 1. The summed E-state index contributed by atoms with van der Waals surface area (Å²) in [5.74, 6) is -2.53. The predicted molar refractivity (Wildman–Crippen MR) is 64.7 cm³/mol. The number of hydrogen-bond acceptors (Lipinski definition) is 2. The van der Waals surface area contributed by atoms with Crippen LogP contribution in [0.1, 0.15) is 18.1 Å². The van der Waals surface area contributed by atoms with Gasteiger partial charge in [-0.15, -0.1) is 0 Å². The third kappa shape index (κ3) is 4.26. The molecule has 17 heavy (non-hydrogen) atoms. The van der Waals surface area contributed by atoms with Gasteiger partial charge in [0, 0.05) is 6.54 Å². The second-order valence-corrected chi connectivity index (χ2v) is 4.09. The van der Waals surface area contributed by atoms with Gasteiger partial charge < -0.3 is 10.4 Å². The Morgan fingerprint density at radius 1 is 1.41 bits per heavy atom. The van der Waals surface area contributed by atoms with Gasteiger partial charge in [-0.3, -0.25) is 9.59 Å². The normalized spacial score (nSPS) is 11.9. The Morgan fingerprint density at radius 3 is 2.71 bits per heavy atom. The lowest BCUT2D eigenvalue weighted by molar-refractivity contribution is -0.146. The fourth-order valence-corrected chi connectivity index (χ4v) is 1.46. The summed E-state index contributed by atoms with van der Waals surface area (Å²) in [6, 6.07) is 8.01. The largest absolute Gasteiger partial charge is 0.481 e. The van der Waals surface area contributed by atoms with E-state index in [1.165, 1.54) is 12.5 Å². The maximum Gasteiger partial charge on any atom is 0.315 e. The van der Waals surface area contributed by atoms with E-state index in [9.17, 15) is 9.59 Å². The first-order chi connectivity index (χ1) is 8.00. The van der Waals surface area contributed by atoms with Crippen LogP contribution in [0.15, 0.2) is 24.3 Å². The second kappa shape index (κ2) is 6.03. The lowest BCUT2D eigenvalue weighted by Gasteiger charge is -2.08.